The summed E-state index contributed by atoms with van der Waals surface area (Å²) < 4.78 is 50.7. The molecule has 8 heteroatoms. The van der Waals surface area contributed by atoms with Crippen molar-refractivity contribution in [3.8, 4) is 0 Å². The molecule has 1 N–H and O–H groups in total. The van der Waals surface area contributed by atoms with E-state index in [0.717, 1.165) is 16.1 Å². The quantitative estimate of drug-likeness (QED) is 0.711. The number of rotatable bonds is 8. The second-order valence-electron chi connectivity index (χ2n) is 4.62. The minimum atomic E-state index is -3.64. The minimum Gasteiger partial charge on any atom is -0.212 e. The first-order chi connectivity index (χ1) is 9.66. The van der Waals surface area contributed by atoms with Crippen molar-refractivity contribution in [1.82, 2.24) is 9.03 Å². The van der Waals surface area contributed by atoms with Crippen LogP contribution in [0.5, 0.6) is 0 Å². The lowest BCUT2D eigenvalue weighted by Gasteiger charge is -2.18. The van der Waals surface area contributed by atoms with Crippen molar-refractivity contribution in [1.29, 1.82) is 0 Å². The third kappa shape index (κ3) is 5.58. The third-order valence-corrected chi connectivity index (χ3v) is 5.48. The van der Waals surface area contributed by atoms with Gasteiger partial charge in [0.05, 0.1) is 11.2 Å². The molecule has 0 aromatic heterocycles. The highest BCUT2D eigenvalue weighted by molar-refractivity contribution is 7.89. The van der Waals surface area contributed by atoms with Crippen LogP contribution < -0.4 is 4.72 Å². The van der Waals surface area contributed by atoms with Gasteiger partial charge in [0.1, 0.15) is 0 Å². The summed E-state index contributed by atoms with van der Waals surface area (Å²) in [5.41, 5.74) is 0.835. The van der Waals surface area contributed by atoms with E-state index in [1.165, 1.54) is 12.1 Å². The normalized spacial score (nSPS) is 12.5. The molecular formula is C13H20N2O4S2. The van der Waals surface area contributed by atoms with Gasteiger partial charge in [-0.3, -0.25) is 0 Å². The number of nitrogens with zero attached hydrogens (tertiary/aromatic N) is 1. The Balaban J connectivity index is 2.72. The van der Waals surface area contributed by atoms with E-state index < -0.39 is 20.0 Å². The minimum absolute atomic E-state index is 0.00279. The molecule has 118 valence electrons. The van der Waals surface area contributed by atoms with Crippen LogP contribution in [0.1, 0.15) is 5.56 Å². The third-order valence-electron chi connectivity index (χ3n) is 2.75. The highest BCUT2D eigenvalue weighted by atomic mass is 32.2. The van der Waals surface area contributed by atoms with Gasteiger partial charge in [-0.15, -0.1) is 6.58 Å². The molecule has 0 atom stereocenters. The van der Waals surface area contributed by atoms with E-state index in [1.54, 1.807) is 25.1 Å². The van der Waals surface area contributed by atoms with Crippen LogP contribution >= 0.6 is 0 Å². The number of nitrogens with one attached hydrogen (secondary N) is 1. The Morgan fingerprint density at radius 1 is 1.29 bits per heavy atom. The Bertz CT molecular complexity index is 697. The molecule has 0 radical (unpaired) electrons. The molecule has 1 aromatic carbocycles. The van der Waals surface area contributed by atoms with Gasteiger partial charge in [0.2, 0.25) is 20.0 Å². The van der Waals surface area contributed by atoms with Crippen LogP contribution in [0.15, 0.2) is 41.8 Å². The van der Waals surface area contributed by atoms with Crippen LogP contribution in [0, 0.1) is 6.92 Å². The zero-order valence-electron chi connectivity index (χ0n) is 12.1. The Morgan fingerprint density at radius 2 is 1.95 bits per heavy atom. The number of aryl methyl sites for hydroxylation is 1. The molecule has 0 heterocycles. The van der Waals surface area contributed by atoms with Gasteiger partial charge in [0, 0.05) is 19.6 Å². The predicted molar refractivity (Wildman–Crippen MR) is 83.0 cm³/mol. The maximum atomic E-state index is 12.1. The van der Waals surface area contributed by atoms with Crippen LogP contribution in [-0.4, -0.2) is 47.0 Å². The number of hydrogen-bond donors (Lipinski definition) is 1. The molecule has 0 bridgehead atoms. The number of hydrogen-bond acceptors (Lipinski definition) is 4. The molecule has 0 amide bonds. The van der Waals surface area contributed by atoms with Crippen LogP contribution in [0.2, 0.25) is 0 Å². The van der Waals surface area contributed by atoms with Gasteiger partial charge in [0.25, 0.3) is 0 Å². The lowest BCUT2D eigenvalue weighted by Crippen LogP contribution is -2.38. The summed E-state index contributed by atoms with van der Waals surface area (Å²) in [6.07, 6.45) is 2.53. The Morgan fingerprint density at radius 3 is 2.48 bits per heavy atom. The molecule has 0 aliphatic heterocycles. The molecular weight excluding hydrogens is 312 g/mol. The van der Waals surface area contributed by atoms with E-state index in [0.29, 0.717) is 0 Å². The summed E-state index contributed by atoms with van der Waals surface area (Å²) in [4.78, 5) is 0.164. The molecule has 6 nitrogen and oxygen atoms in total. The maximum absolute atomic E-state index is 12.1. The summed E-state index contributed by atoms with van der Waals surface area (Å²) in [7, 11) is -7.03. The monoisotopic (exact) mass is 332 g/mol. The smallest absolute Gasteiger partial charge is 0.212 e. The molecule has 0 unspecified atom stereocenters. The van der Waals surface area contributed by atoms with Gasteiger partial charge >= 0.3 is 0 Å². The number of benzene rings is 1. The first-order valence-corrected chi connectivity index (χ1v) is 9.62. The van der Waals surface area contributed by atoms with Crippen LogP contribution in [-0.2, 0) is 20.0 Å². The van der Waals surface area contributed by atoms with Crippen molar-refractivity contribution in [3.63, 3.8) is 0 Å². The molecule has 0 aliphatic rings. The fourth-order valence-corrected chi connectivity index (χ4v) is 3.63. The van der Waals surface area contributed by atoms with Crippen molar-refractivity contribution in [2.24, 2.45) is 0 Å². The van der Waals surface area contributed by atoms with Gasteiger partial charge in [-0.05, 0) is 24.6 Å². The SMILES string of the molecule is C=CCN(CCNS(=O)(=O)c1cccc(C)c1)S(C)(=O)=O. The molecule has 1 rings (SSSR count). The Labute approximate surface area is 126 Å². The molecule has 0 saturated carbocycles. The van der Waals surface area contributed by atoms with Gasteiger partial charge in [-0.1, -0.05) is 18.2 Å². The van der Waals surface area contributed by atoms with Crippen LogP contribution in [0.4, 0.5) is 0 Å². The summed E-state index contributed by atoms with van der Waals surface area (Å²) in [6.45, 7) is 5.48. The molecule has 0 aliphatic carbocycles. The summed E-state index contributed by atoms with van der Waals surface area (Å²) in [6, 6.07) is 6.51. The first-order valence-electron chi connectivity index (χ1n) is 6.29. The number of sulfonamides is 2. The second kappa shape index (κ2) is 7.17. The summed E-state index contributed by atoms with van der Waals surface area (Å²) in [5, 5.41) is 0. The fraction of sp³-hybridized carbons (Fsp3) is 0.385. The average Bonchev–Trinajstić information content (AvgIpc) is 2.36. The van der Waals surface area contributed by atoms with Crippen molar-refractivity contribution >= 4 is 20.0 Å². The van der Waals surface area contributed by atoms with Crippen molar-refractivity contribution in [2.75, 3.05) is 25.9 Å². The van der Waals surface area contributed by atoms with Gasteiger partial charge in [0.15, 0.2) is 0 Å². The highest BCUT2D eigenvalue weighted by Gasteiger charge is 2.17. The largest absolute Gasteiger partial charge is 0.240 e. The summed E-state index contributed by atoms with van der Waals surface area (Å²) in [5.74, 6) is 0. The van der Waals surface area contributed by atoms with E-state index >= 15 is 0 Å². The van der Waals surface area contributed by atoms with E-state index in [4.69, 9.17) is 0 Å². The van der Waals surface area contributed by atoms with E-state index in [1.807, 2.05) is 0 Å². The van der Waals surface area contributed by atoms with E-state index in [2.05, 4.69) is 11.3 Å². The van der Waals surface area contributed by atoms with Crippen molar-refractivity contribution in [2.45, 2.75) is 11.8 Å². The Kier molecular flexibility index (Phi) is 6.09. The lowest BCUT2D eigenvalue weighted by atomic mass is 10.2. The fourth-order valence-electron chi connectivity index (χ4n) is 1.71. The highest BCUT2D eigenvalue weighted by Crippen LogP contribution is 2.10. The van der Waals surface area contributed by atoms with E-state index in [-0.39, 0.29) is 24.5 Å². The van der Waals surface area contributed by atoms with Crippen molar-refractivity contribution in [3.05, 3.63) is 42.5 Å². The molecule has 0 fully saturated rings. The molecule has 1 aromatic rings. The molecule has 21 heavy (non-hydrogen) atoms. The molecule has 0 spiro atoms. The Hall–Kier alpha value is -1.22. The maximum Gasteiger partial charge on any atom is 0.240 e. The molecule has 0 saturated heterocycles. The van der Waals surface area contributed by atoms with Gasteiger partial charge in [-0.2, -0.15) is 4.31 Å². The average molecular weight is 332 g/mol. The second-order valence-corrected chi connectivity index (χ2v) is 8.37. The predicted octanol–water partition coefficient (Wildman–Crippen LogP) is 0.721. The standard InChI is InChI=1S/C13H20N2O4S2/c1-4-9-15(20(3,16)17)10-8-14-21(18,19)13-7-5-6-12(2)11-13/h4-7,11,14H,1,8-10H2,2-3H3. The van der Waals surface area contributed by atoms with E-state index in [9.17, 15) is 16.8 Å². The van der Waals surface area contributed by atoms with Gasteiger partial charge in [-0.25, -0.2) is 21.6 Å². The van der Waals surface area contributed by atoms with Crippen LogP contribution in [0.25, 0.3) is 0 Å². The van der Waals surface area contributed by atoms with Crippen LogP contribution in [0.3, 0.4) is 0 Å². The zero-order valence-corrected chi connectivity index (χ0v) is 13.7. The van der Waals surface area contributed by atoms with Crippen molar-refractivity contribution < 1.29 is 16.8 Å². The lowest BCUT2D eigenvalue weighted by molar-refractivity contribution is 0.447. The topological polar surface area (TPSA) is 83.6 Å². The zero-order chi connectivity index (χ0) is 16.1. The summed E-state index contributed by atoms with van der Waals surface area (Å²) >= 11 is 0. The van der Waals surface area contributed by atoms with Gasteiger partial charge < -0.3 is 0 Å². The first kappa shape index (κ1) is 17.8.